The third kappa shape index (κ3) is 7.46. The molecule has 2 N–H and O–H groups in total. The van der Waals surface area contributed by atoms with E-state index < -0.39 is 0 Å². The lowest BCUT2D eigenvalue weighted by molar-refractivity contribution is -0.213. The van der Waals surface area contributed by atoms with Gasteiger partial charge in [-0.25, -0.2) is 0 Å². The predicted molar refractivity (Wildman–Crippen MR) is 73.9 cm³/mol. The smallest absolute Gasteiger partial charge is 0.157 e. The van der Waals surface area contributed by atoms with Crippen molar-refractivity contribution < 1.29 is 24.4 Å². The maximum Gasteiger partial charge on any atom is 0.157 e. The third-order valence-electron chi connectivity index (χ3n) is 2.28. The van der Waals surface area contributed by atoms with Crippen LogP contribution in [0.4, 0.5) is 0 Å². The van der Waals surface area contributed by atoms with Gasteiger partial charge >= 0.3 is 0 Å². The maximum atomic E-state index is 9.06. The quantitative estimate of drug-likeness (QED) is 0.805. The third-order valence-corrected chi connectivity index (χ3v) is 2.28. The molecule has 0 amide bonds. The fraction of sp³-hybridized carbons (Fsp3) is 0.429. The summed E-state index contributed by atoms with van der Waals surface area (Å²) in [5.74, 6) is 0.109. The standard InChI is InChI=1S/C8H8O2.C6H14O3/c1-2-6-3-4-7(9)5-8(6)10;1-5(7-3)9-6(2)8-4/h2-5,9-10H,1H2;5-6H,1-4H3. The van der Waals surface area contributed by atoms with Gasteiger partial charge in [0, 0.05) is 25.8 Å². The Morgan fingerprint density at radius 3 is 2.00 bits per heavy atom. The van der Waals surface area contributed by atoms with Crippen LogP contribution in [0.3, 0.4) is 0 Å². The Morgan fingerprint density at radius 1 is 1.11 bits per heavy atom. The van der Waals surface area contributed by atoms with Crippen LogP contribution in [-0.4, -0.2) is 37.0 Å². The van der Waals surface area contributed by atoms with E-state index in [-0.39, 0.29) is 24.1 Å². The SMILES string of the molecule is C=Cc1ccc(O)cc1O.COC(C)OC(C)OC. The van der Waals surface area contributed by atoms with Gasteiger partial charge in [-0.15, -0.1) is 0 Å². The Hall–Kier alpha value is -1.56. The number of phenols is 2. The van der Waals surface area contributed by atoms with Gasteiger partial charge in [0.15, 0.2) is 12.6 Å². The highest BCUT2D eigenvalue weighted by molar-refractivity contribution is 5.56. The molecule has 0 saturated carbocycles. The first kappa shape index (κ1) is 17.4. The van der Waals surface area contributed by atoms with Crippen molar-refractivity contribution in [3.63, 3.8) is 0 Å². The Bertz CT molecular complexity index is 370. The summed E-state index contributed by atoms with van der Waals surface area (Å²) in [5.41, 5.74) is 0.623. The highest BCUT2D eigenvalue weighted by atomic mass is 16.8. The van der Waals surface area contributed by atoms with Crippen LogP contribution in [0, 0.1) is 0 Å². The summed E-state index contributed by atoms with van der Waals surface area (Å²) in [6.45, 7) is 7.11. The number of phenolic OH excluding ortho intramolecular Hbond substituents is 2. The number of rotatable bonds is 5. The molecular formula is C14H22O5. The monoisotopic (exact) mass is 270 g/mol. The Morgan fingerprint density at radius 2 is 1.63 bits per heavy atom. The van der Waals surface area contributed by atoms with Crippen molar-refractivity contribution in [3.05, 3.63) is 30.3 Å². The lowest BCUT2D eigenvalue weighted by Crippen LogP contribution is -2.19. The Labute approximate surface area is 114 Å². The van der Waals surface area contributed by atoms with Crippen LogP contribution in [-0.2, 0) is 14.2 Å². The van der Waals surface area contributed by atoms with E-state index >= 15 is 0 Å². The molecule has 1 aromatic carbocycles. The lowest BCUT2D eigenvalue weighted by atomic mass is 10.2. The average Bonchev–Trinajstić information content (AvgIpc) is 2.39. The first-order valence-corrected chi connectivity index (χ1v) is 5.80. The second-order valence-electron chi connectivity index (χ2n) is 3.69. The van der Waals surface area contributed by atoms with E-state index in [1.54, 1.807) is 20.3 Å². The summed E-state index contributed by atoms with van der Waals surface area (Å²) < 4.78 is 14.7. The molecule has 0 aliphatic rings. The van der Waals surface area contributed by atoms with Gasteiger partial charge in [-0.05, 0) is 26.0 Å². The van der Waals surface area contributed by atoms with Crippen LogP contribution < -0.4 is 0 Å². The highest BCUT2D eigenvalue weighted by Gasteiger charge is 2.03. The van der Waals surface area contributed by atoms with Gasteiger partial charge in [0.2, 0.25) is 0 Å². The summed E-state index contributed by atoms with van der Waals surface area (Å²) in [4.78, 5) is 0. The first-order valence-electron chi connectivity index (χ1n) is 5.80. The van der Waals surface area contributed by atoms with E-state index in [2.05, 4.69) is 6.58 Å². The minimum Gasteiger partial charge on any atom is -0.508 e. The molecule has 5 heteroatoms. The molecule has 5 nitrogen and oxygen atoms in total. The van der Waals surface area contributed by atoms with Gasteiger partial charge in [0.25, 0.3) is 0 Å². The van der Waals surface area contributed by atoms with Crippen molar-refractivity contribution in [3.8, 4) is 11.5 Å². The summed E-state index contributed by atoms with van der Waals surface area (Å²) in [5, 5.41) is 17.9. The zero-order valence-electron chi connectivity index (χ0n) is 11.8. The zero-order chi connectivity index (χ0) is 14.8. The van der Waals surface area contributed by atoms with E-state index in [1.807, 2.05) is 13.8 Å². The Balaban J connectivity index is 0.000000344. The van der Waals surface area contributed by atoms with Crippen LogP contribution in [0.15, 0.2) is 24.8 Å². The molecule has 0 bridgehead atoms. The number of aromatic hydroxyl groups is 2. The van der Waals surface area contributed by atoms with E-state index in [1.165, 1.54) is 18.2 Å². The molecule has 0 fully saturated rings. The van der Waals surface area contributed by atoms with Crippen molar-refractivity contribution in [1.82, 2.24) is 0 Å². The molecule has 2 unspecified atom stereocenters. The molecule has 1 aromatic rings. The van der Waals surface area contributed by atoms with Crippen LogP contribution in [0.5, 0.6) is 11.5 Å². The predicted octanol–water partition coefficient (Wildman–Crippen LogP) is 2.73. The van der Waals surface area contributed by atoms with E-state index in [0.29, 0.717) is 5.56 Å². The van der Waals surface area contributed by atoms with Gasteiger partial charge in [-0.1, -0.05) is 12.7 Å². The van der Waals surface area contributed by atoms with E-state index in [4.69, 9.17) is 24.4 Å². The van der Waals surface area contributed by atoms with Gasteiger partial charge in [0.1, 0.15) is 11.5 Å². The molecular weight excluding hydrogens is 248 g/mol. The molecule has 0 aliphatic heterocycles. The second kappa shape index (κ2) is 9.38. The molecule has 0 saturated heterocycles. The number of benzene rings is 1. The normalized spacial score (nSPS) is 13.1. The molecule has 0 aromatic heterocycles. The zero-order valence-corrected chi connectivity index (χ0v) is 11.8. The van der Waals surface area contributed by atoms with Crippen molar-refractivity contribution in [2.24, 2.45) is 0 Å². The molecule has 2 atom stereocenters. The van der Waals surface area contributed by atoms with Gasteiger partial charge in [-0.2, -0.15) is 0 Å². The van der Waals surface area contributed by atoms with Crippen molar-refractivity contribution in [2.75, 3.05) is 14.2 Å². The largest absolute Gasteiger partial charge is 0.508 e. The molecule has 0 spiro atoms. The maximum absolute atomic E-state index is 9.06. The molecule has 1 rings (SSSR count). The molecule has 0 aliphatic carbocycles. The molecule has 0 heterocycles. The summed E-state index contributed by atoms with van der Waals surface area (Å²) in [6.07, 6.45) is 1.13. The fourth-order valence-electron chi connectivity index (χ4n) is 1.09. The van der Waals surface area contributed by atoms with Crippen LogP contribution in [0.25, 0.3) is 6.08 Å². The van der Waals surface area contributed by atoms with E-state index in [9.17, 15) is 0 Å². The number of methoxy groups -OCH3 is 2. The van der Waals surface area contributed by atoms with Crippen LogP contribution in [0.1, 0.15) is 19.4 Å². The molecule has 108 valence electrons. The van der Waals surface area contributed by atoms with Crippen molar-refractivity contribution in [1.29, 1.82) is 0 Å². The number of ether oxygens (including phenoxy) is 3. The molecule has 19 heavy (non-hydrogen) atoms. The van der Waals surface area contributed by atoms with Gasteiger partial charge in [0.05, 0.1) is 0 Å². The van der Waals surface area contributed by atoms with Gasteiger partial charge < -0.3 is 24.4 Å². The minimum absolute atomic E-state index is 0.0509. The Kier molecular flexibility index (Phi) is 8.61. The minimum atomic E-state index is -0.194. The van der Waals surface area contributed by atoms with E-state index in [0.717, 1.165) is 0 Å². The summed E-state index contributed by atoms with van der Waals surface area (Å²) in [6, 6.07) is 4.37. The number of hydrogen-bond acceptors (Lipinski definition) is 5. The fourth-order valence-corrected chi connectivity index (χ4v) is 1.09. The first-order chi connectivity index (χ1) is 8.94. The summed E-state index contributed by atoms with van der Waals surface area (Å²) in [7, 11) is 3.18. The van der Waals surface area contributed by atoms with Crippen LogP contribution >= 0.6 is 0 Å². The van der Waals surface area contributed by atoms with Crippen molar-refractivity contribution in [2.45, 2.75) is 26.4 Å². The molecule has 0 radical (unpaired) electrons. The topological polar surface area (TPSA) is 68.2 Å². The van der Waals surface area contributed by atoms with Gasteiger partial charge in [-0.3, -0.25) is 0 Å². The average molecular weight is 270 g/mol. The van der Waals surface area contributed by atoms with Crippen LogP contribution in [0.2, 0.25) is 0 Å². The van der Waals surface area contributed by atoms with Crippen molar-refractivity contribution >= 4 is 6.08 Å². The lowest BCUT2D eigenvalue weighted by Gasteiger charge is -2.15. The second-order valence-corrected chi connectivity index (χ2v) is 3.69. The summed E-state index contributed by atoms with van der Waals surface area (Å²) >= 11 is 0. The highest BCUT2D eigenvalue weighted by Crippen LogP contribution is 2.22. The number of hydrogen-bond donors (Lipinski definition) is 2.